The highest BCUT2D eigenvalue weighted by atomic mass is 32.2. The summed E-state index contributed by atoms with van der Waals surface area (Å²) in [6.07, 6.45) is 0. The number of rotatable bonds is 7. The summed E-state index contributed by atoms with van der Waals surface area (Å²) in [6, 6.07) is 19.3. The maximum absolute atomic E-state index is 12.4. The van der Waals surface area contributed by atoms with Crippen LogP contribution in [0.3, 0.4) is 0 Å². The van der Waals surface area contributed by atoms with Gasteiger partial charge in [-0.25, -0.2) is 13.1 Å². The average molecular weight is 386 g/mol. The molecule has 134 valence electrons. The fourth-order valence-corrected chi connectivity index (χ4v) is 4.14. The van der Waals surface area contributed by atoms with E-state index in [9.17, 15) is 13.2 Å². The molecule has 0 radical (unpaired) electrons. The normalized spacial score (nSPS) is 11.2. The van der Waals surface area contributed by atoms with Crippen molar-refractivity contribution in [1.29, 1.82) is 0 Å². The quantitative estimate of drug-likeness (QED) is 0.655. The maximum Gasteiger partial charge on any atom is 0.251 e. The number of carbonyl (C=O) groups excluding carboxylic acids is 1. The van der Waals surface area contributed by atoms with Crippen LogP contribution in [-0.4, -0.2) is 14.3 Å². The molecule has 1 amide bonds. The molecular formula is C19H18N2O3S2. The molecule has 0 unspecified atom stereocenters. The number of hydrogen-bond donors (Lipinski definition) is 2. The van der Waals surface area contributed by atoms with Crippen LogP contribution in [0.2, 0.25) is 0 Å². The van der Waals surface area contributed by atoms with Crippen molar-refractivity contribution in [3.8, 4) is 0 Å². The minimum Gasteiger partial charge on any atom is -0.348 e. The monoisotopic (exact) mass is 386 g/mol. The van der Waals surface area contributed by atoms with Crippen LogP contribution >= 0.6 is 11.3 Å². The molecule has 0 aliphatic heterocycles. The summed E-state index contributed by atoms with van der Waals surface area (Å²) >= 11 is 1.48. The third-order valence-corrected chi connectivity index (χ3v) is 5.99. The van der Waals surface area contributed by atoms with Crippen molar-refractivity contribution in [1.82, 2.24) is 10.0 Å². The number of thiophene rings is 1. The number of sulfonamides is 1. The Morgan fingerprint density at radius 2 is 1.73 bits per heavy atom. The highest BCUT2D eigenvalue weighted by Gasteiger charge is 2.16. The maximum atomic E-state index is 12.4. The second-order valence-electron chi connectivity index (χ2n) is 5.60. The molecule has 3 rings (SSSR count). The van der Waals surface area contributed by atoms with Crippen molar-refractivity contribution in [2.75, 3.05) is 0 Å². The van der Waals surface area contributed by atoms with E-state index in [1.54, 1.807) is 12.1 Å². The third-order valence-electron chi connectivity index (χ3n) is 3.72. The molecule has 0 spiro atoms. The zero-order valence-electron chi connectivity index (χ0n) is 13.9. The lowest BCUT2D eigenvalue weighted by Gasteiger charge is -2.09. The van der Waals surface area contributed by atoms with Crippen molar-refractivity contribution >= 4 is 27.3 Å². The van der Waals surface area contributed by atoms with E-state index in [-0.39, 0.29) is 17.3 Å². The molecular weight excluding hydrogens is 368 g/mol. The highest BCUT2D eigenvalue weighted by molar-refractivity contribution is 7.89. The number of benzene rings is 2. The molecule has 7 heteroatoms. The van der Waals surface area contributed by atoms with Crippen LogP contribution < -0.4 is 10.0 Å². The molecule has 0 fully saturated rings. The molecule has 0 saturated heterocycles. The fourth-order valence-electron chi connectivity index (χ4n) is 2.35. The van der Waals surface area contributed by atoms with Gasteiger partial charge in [0.2, 0.25) is 10.0 Å². The van der Waals surface area contributed by atoms with Gasteiger partial charge in [0.1, 0.15) is 0 Å². The molecule has 2 N–H and O–H groups in total. The van der Waals surface area contributed by atoms with Gasteiger partial charge in [-0.15, -0.1) is 11.3 Å². The zero-order valence-corrected chi connectivity index (χ0v) is 15.5. The number of hydrogen-bond acceptors (Lipinski definition) is 4. The second-order valence-corrected chi connectivity index (χ2v) is 8.40. The van der Waals surface area contributed by atoms with E-state index >= 15 is 0 Å². The Morgan fingerprint density at radius 1 is 0.923 bits per heavy atom. The Morgan fingerprint density at radius 3 is 2.46 bits per heavy atom. The molecule has 0 saturated carbocycles. The molecule has 2 aromatic carbocycles. The van der Waals surface area contributed by atoms with Crippen LogP contribution in [0.4, 0.5) is 0 Å². The second kappa shape index (κ2) is 8.27. The summed E-state index contributed by atoms with van der Waals surface area (Å²) in [4.78, 5) is 13.3. The molecule has 26 heavy (non-hydrogen) atoms. The lowest BCUT2D eigenvalue weighted by Crippen LogP contribution is -2.25. The van der Waals surface area contributed by atoms with Crippen molar-refractivity contribution in [3.05, 3.63) is 88.1 Å². The molecule has 0 aliphatic rings. The van der Waals surface area contributed by atoms with Gasteiger partial charge in [-0.2, -0.15) is 0 Å². The van der Waals surface area contributed by atoms with E-state index in [1.807, 2.05) is 47.8 Å². The van der Waals surface area contributed by atoms with Crippen LogP contribution in [0.5, 0.6) is 0 Å². The van der Waals surface area contributed by atoms with E-state index in [0.717, 1.165) is 10.4 Å². The van der Waals surface area contributed by atoms with Gasteiger partial charge in [-0.05, 0) is 35.2 Å². The molecule has 3 aromatic rings. The van der Waals surface area contributed by atoms with E-state index < -0.39 is 10.0 Å². The first-order valence-corrected chi connectivity index (χ1v) is 10.3. The lowest BCUT2D eigenvalue weighted by molar-refractivity contribution is 0.0950. The van der Waals surface area contributed by atoms with Gasteiger partial charge >= 0.3 is 0 Å². The summed E-state index contributed by atoms with van der Waals surface area (Å²) in [5, 5.41) is 4.69. The molecule has 0 bridgehead atoms. The smallest absolute Gasteiger partial charge is 0.251 e. The van der Waals surface area contributed by atoms with Crippen molar-refractivity contribution in [3.63, 3.8) is 0 Å². The summed E-state index contributed by atoms with van der Waals surface area (Å²) in [5.74, 6) is -0.316. The van der Waals surface area contributed by atoms with Crippen molar-refractivity contribution in [2.45, 2.75) is 18.0 Å². The summed E-state index contributed by atoms with van der Waals surface area (Å²) in [6.45, 7) is 0.609. The summed E-state index contributed by atoms with van der Waals surface area (Å²) < 4.78 is 27.4. The van der Waals surface area contributed by atoms with E-state index in [2.05, 4.69) is 10.0 Å². The largest absolute Gasteiger partial charge is 0.348 e. The highest BCUT2D eigenvalue weighted by Crippen LogP contribution is 2.14. The standard InChI is InChI=1S/C19H18N2O3S2/c22-19(20-13-15-6-2-1-3-7-15)16-8-4-10-18(12-16)26(23,24)21-14-17-9-5-11-25-17/h1-12,21H,13-14H2,(H,20,22). The van der Waals surface area contributed by atoms with Gasteiger partial charge in [-0.1, -0.05) is 42.5 Å². The topological polar surface area (TPSA) is 75.3 Å². The van der Waals surface area contributed by atoms with Gasteiger partial charge in [0, 0.05) is 23.5 Å². The van der Waals surface area contributed by atoms with E-state index in [4.69, 9.17) is 0 Å². The van der Waals surface area contributed by atoms with Gasteiger partial charge in [0.25, 0.3) is 5.91 Å². The first-order chi connectivity index (χ1) is 12.5. The third kappa shape index (κ3) is 4.78. The Labute approximate surface area is 156 Å². The summed E-state index contributed by atoms with van der Waals surface area (Å²) in [7, 11) is -3.68. The first kappa shape index (κ1) is 18.3. The lowest BCUT2D eigenvalue weighted by atomic mass is 10.2. The Bertz CT molecular complexity index is 969. The van der Waals surface area contributed by atoms with Crippen LogP contribution in [-0.2, 0) is 23.1 Å². The van der Waals surface area contributed by atoms with Crippen LogP contribution in [0, 0.1) is 0 Å². The zero-order chi connectivity index (χ0) is 18.4. The minimum absolute atomic E-state index is 0.0708. The van der Waals surface area contributed by atoms with Crippen LogP contribution in [0.1, 0.15) is 20.8 Å². The number of nitrogens with one attached hydrogen (secondary N) is 2. The van der Waals surface area contributed by atoms with Gasteiger partial charge in [0.05, 0.1) is 4.90 Å². The molecule has 5 nitrogen and oxygen atoms in total. The SMILES string of the molecule is O=C(NCc1ccccc1)c1cccc(S(=O)(=O)NCc2cccs2)c1. The molecule has 0 aliphatic carbocycles. The van der Waals surface area contributed by atoms with Crippen molar-refractivity contribution in [2.24, 2.45) is 0 Å². The predicted molar refractivity (Wildman–Crippen MR) is 102 cm³/mol. The van der Waals surface area contributed by atoms with E-state index in [0.29, 0.717) is 12.1 Å². The van der Waals surface area contributed by atoms with Crippen molar-refractivity contribution < 1.29 is 13.2 Å². The molecule has 0 atom stereocenters. The van der Waals surface area contributed by atoms with Gasteiger partial charge in [-0.3, -0.25) is 4.79 Å². The predicted octanol–water partition coefficient (Wildman–Crippen LogP) is 3.16. The Hall–Kier alpha value is -2.48. The minimum atomic E-state index is -3.68. The van der Waals surface area contributed by atoms with E-state index in [1.165, 1.54) is 23.5 Å². The van der Waals surface area contributed by atoms with Crippen LogP contribution in [0.25, 0.3) is 0 Å². The molecule has 1 heterocycles. The first-order valence-electron chi connectivity index (χ1n) is 7.99. The Kier molecular flexibility index (Phi) is 5.82. The van der Waals surface area contributed by atoms with Crippen LogP contribution in [0.15, 0.2) is 77.0 Å². The van der Waals surface area contributed by atoms with Gasteiger partial charge in [0.15, 0.2) is 0 Å². The summed E-state index contributed by atoms with van der Waals surface area (Å²) in [5.41, 5.74) is 1.28. The molecule has 1 aromatic heterocycles. The average Bonchev–Trinajstić information content (AvgIpc) is 3.19. The Balaban J connectivity index is 1.67. The fraction of sp³-hybridized carbons (Fsp3) is 0.105. The van der Waals surface area contributed by atoms with Gasteiger partial charge < -0.3 is 5.32 Å². The number of amides is 1. The number of carbonyl (C=O) groups is 1.